The first-order chi connectivity index (χ1) is 13.7. The van der Waals surface area contributed by atoms with Crippen LogP contribution in [0, 0.1) is 5.92 Å². The topological polar surface area (TPSA) is 68.7 Å². The molecule has 0 N–H and O–H groups in total. The van der Waals surface area contributed by atoms with Gasteiger partial charge in [-0.3, -0.25) is 9.69 Å². The molecule has 6 nitrogen and oxygen atoms in total. The van der Waals surface area contributed by atoms with Crippen molar-refractivity contribution in [3.05, 3.63) is 23.4 Å². The van der Waals surface area contributed by atoms with Gasteiger partial charge in [0.2, 0.25) is 0 Å². The lowest BCUT2D eigenvalue weighted by Crippen LogP contribution is -2.47. The van der Waals surface area contributed by atoms with E-state index in [1.807, 2.05) is 40.7 Å². The molecule has 2 unspecified atom stereocenters. The highest BCUT2D eigenvalue weighted by atomic mass is 16.6. The number of carbonyl (C=O) groups is 2. The maximum Gasteiger partial charge on any atom is 0.416 e. The van der Waals surface area contributed by atoms with E-state index in [1.54, 1.807) is 4.90 Å². The van der Waals surface area contributed by atoms with Gasteiger partial charge >= 0.3 is 12.1 Å². The second kappa shape index (κ2) is 10.1. The average molecular weight is 402 g/mol. The highest BCUT2D eigenvalue weighted by molar-refractivity contribution is 6.33. The molecule has 0 radical (unpaired) electrons. The number of pyridine rings is 1. The fraction of sp³-hybridized carbons (Fsp3) is 0.682. The second-order valence-electron chi connectivity index (χ2n) is 8.81. The predicted octanol–water partition coefficient (Wildman–Crippen LogP) is 4.17. The molecule has 1 amide bonds. The second-order valence-corrected chi connectivity index (χ2v) is 8.81. The van der Waals surface area contributed by atoms with E-state index in [2.05, 4.69) is 12.9 Å². The number of esters is 1. The molecule has 1 aliphatic rings. The van der Waals surface area contributed by atoms with Crippen LogP contribution in [-0.2, 0) is 27.1 Å². The van der Waals surface area contributed by atoms with Gasteiger partial charge in [-0.15, -0.1) is 0 Å². The number of rotatable bonds is 7. The first-order valence-electron chi connectivity index (χ1n) is 10.8. The van der Waals surface area contributed by atoms with Crippen LogP contribution in [-0.4, -0.2) is 42.6 Å². The minimum absolute atomic E-state index is 0.101. The summed E-state index contributed by atoms with van der Waals surface area (Å²) in [6.07, 6.45) is 3.74. The molecule has 0 spiro atoms. The standard InChI is InChI=1S/C22H35BN2O4/c1-7-28-20(26)15(2)8-11-17-12-9-16-10-13-18(14-23-6)25(19(16)24-17)21(27)29-22(3,4)5/h9,12,15,18,23H,7-8,10-11,13-14H2,1-6H3. The van der Waals surface area contributed by atoms with Gasteiger partial charge in [-0.2, -0.15) is 0 Å². The van der Waals surface area contributed by atoms with Gasteiger partial charge in [0.15, 0.2) is 0 Å². The van der Waals surface area contributed by atoms with E-state index in [0.717, 1.165) is 37.7 Å². The summed E-state index contributed by atoms with van der Waals surface area (Å²) in [6, 6.07) is 4.17. The number of amides is 1. The number of hydrogen-bond acceptors (Lipinski definition) is 5. The summed E-state index contributed by atoms with van der Waals surface area (Å²) in [6.45, 7) is 11.9. The fourth-order valence-corrected chi connectivity index (χ4v) is 3.60. The minimum Gasteiger partial charge on any atom is -0.466 e. The number of aryl methyl sites for hydroxylation is 2. The van der Waals surface area contributed by atoms with Gasteiger partial charge in [0.1, 0.15) is 18.7 Å². The highest BCUT2D eigenvalue weighted by Gasteiger charge is 2.35. The van der Waals surface area contributed by atoms with Crippen LogP contribution >= 0.6 is 0 Å². The maximum absolute atomic E-state index is 13.0. The molecule has 2 atom stereocenters. The van der Waals surface area contributed by atoms with E-state index in [-0.39, 0.29) is 24.0 Å². The molecule has 1 aliphatic heterocycles. The third kappa shape index (κ3) is 6.48. The van der Waals surface area contributed by atoms with Crippen LogP contribution in [0.3, 0.4) is 0 Å². The zero-order chi connectivity index (χ0) is 21.6. The minimum atomic E-state index is -0.557. The summed E-state index contributed by atoms with van der Waals surface area (Å²) < 4.78 is 10.8. The van der Waals surface area contributed by atoms with Crippen molar-refractivity contribution in [1.82, 2.24) is 4.98 Å². The van der Waals surface area contributed by atoms with E-state index in [9.17, 15) is 9.59 Å². The zero-order valence-corrected chi connectivity index (χ0v) is 18.8. The van der Waals surface area contributed by atoms with Gasteiger partial charge in [-0.25, -0.2) is 9.78 Å². The lowest BCUT2D eigenvalue weighted by Gasteiger charge is -2.37. The van der Waals surface area contributed by atoms with Gasteiger partial charge in [-0.1, -0.05) is 26.1 Å². The number of carbonyl (C=O) groups excluding carboxylic acids is 2. The molecule has 1 aromatic heterocycles. The molecular formula is C22H35BN2O4. The Balaban J connectivity index is 2.23. The summed E-state index contributed by atoms with van der Waals surface area (Å²) in [7, 11) is 0.996. The van der Waals surface area contributed by atoms with Crippen LogP contribution in [0.1, 0.15) is 58.7 Å². The number of fused-ring (bicyclic) bond motifs is 1. The van der Waals surface area contributed by atoms with E-state index in [4.69, 9.17) is 14.5 Å². The van der Waals surface area contributed by atoms with Gasteiger partial charge in [-0.05, 0) is 65.0 Å². The van der Waals surface area contributed by atoms with Crippen LogP contribution in [0.5, 0.6) is 0 Å². The first kappa shape index (κ1) is 23.2. The molecule has 2 heterocycles. The molecule has 0 saturated heterocycles. The molecule has 2 rings (SSSR count). The Morgan fingerprint density at radius 2 is 2.07 bits per heavy atom. The Kier molecular flexibility index (Phi) is 8.11. The normalized spacial score (nSPS) is 17.3. The Hall–Kier alpha value is -2.05. The Morgan fingerprint density at radius 1 is 1.34 bits per heavy atom. The Morgan fingerprint density at radius 3 is 2.69 bits per heavy atom. The smallest absolute Gasteiger partial charge is 0.416 e. The summed E-state index contributed by atoms with van der Waals surface area (Å²) >= 11 is 0. The van der Waals surface area contributed by atoms with Crippen LogP contribution in [0.2, 0.25) is 13.1 Å². The number of ether oxygens (including phenoxy) is 2. The highest BCUT2D eigenvalue weighted by Crippen LogP contribution is 2.32. The SMILES string of the molecule is CBCC1CCc2ccc(CCC(C)C(=O)OCC)nc2N1C(=O)OC(C)(C)C. The molecule has 0 aromatic carbocycles. The van der Waals surface area contributed by atoms with Crippen LogP contribution in [0.4, 0.5) is 10.6 Å². The Labute approximate surface area is 175 Å². The lowest BCUT2D eigenvalue weighted by atomic mass is 9.72. The Bertz CT molecular complexity index is 717. The monoisotopic (exact) mass is 402 g/mol. The van der Waals surface area contributed by atoms with Gasteiger partial charge in [0.05, 0.1) is 12.5 Å². The van der Waals surface area contributed by atoms with E-state index in [1.165, 1.54) is 0 Å². The number of anilines is 1. The van der Waals surface area contributed by atoms with Gasteiger partial charge in [0, 0.05) is 11.7 Å². The first-order valence-corrected chi connectivity index (χ1v) is 10.8. The quantitative estimate of drug-likeness (QED) is 0.506. The largest absolute Gasteiger partial charge is 0.466 e. The molecule has 160 valence electrons. The number of aromatic nitrogens is 1. The number of nitrogens with zero attached hydrogens (tertiary/aromatic N) is 2. The fourth-order valence-electron chi connectivity index (χ4n) is 3.60. The van der Waals surface area contributed by atoms with Crippen LogP contribution in [0.25, 0.3) is 0 Å². The van der Waals surface area contributed by atoms with E-state index in [0.29, 0.717) is 25.3 Å². The summed E-state index contributed by atoms with van der Waals surface area (Å²) in [5, 5.41) is 0. The van der Waals surface area contributed by atoms with Crippen molar-refractivity contribution in [2.45, 2.75) is 85.1 Å². The van der Waals surface area contributed by atoms with E-state index >= 15 is 0 Å². The number of hydrogen-bond donors (Lipinski definition) is 0. The van der Waals surface area contributed by atoms with Crippen molar-refractivity contribution in [2.24, 2.45) is 5.92 Å². The molecule has 7 heteroatoms. The van der Waals surface area contributed by atoms with Crippen LogP contribution in [0.15, 0.2) is 12.1 Å². The van der Waals surface area contributed by atoms with E-state index < -0.39 is 5.60 Å². The third-order valence-electron chi connectivity index (χ3n) is 5.09. The molecule has 0 fully saturated rings. The van der Waals surface area contributed by atoms with Crippen LogP contribution < -0.4 is 4.90 Å². The maximum atomic E-state index is 13.0. The average Bonchev–Trinajstić information content (AvgIpc) is 2.64. The summed E-state index contributed by atoms with van der Waals surface area (Å²) in [4.78, 5) is 31.5. The van der Waals surface area contributed by atoms with Crippen molar-refractivity contribution in [3.63, 3.8) is 0 Å². The summed E-state index contributed by atoms with van der Waals surface area (Å²) in [5.41, 5.74) is 1.40. The van der Waals surface area contributed by atoms with Crippen molar-refractivity contribution in [3.8, 4) is 0 Å². The molecule has 0 saturated carbocycles. The van der Waals surface area contributed by atoms with Crippen molar-refractivity contribution >= 4 is 25.2 Å². The zero-order valence-electron chi connectivity index (χ0n) is 18.8. The molecule has 0 bridgehead atoms. The molecule has 0 aliphatic carbocycles. The third-order valence-corrected chi connectivity index (χ3v) is 5.09. The molecule has 1 aromatic rings. The molecular weight excluding hydrogens is 367 g/mol. The van der Waals surface area contributed by atoms with Crippen molar-refractivity contribution < 1.29 is 19.1 Å². The van der Waals surface area contributed by atoms with Gasteiger partial charge in [0.25, 0.3) is 0 Å². The molecule has 29 heavy (non-hydrogen) atoms. The van der Waals surface area contributed by atoms with Crippen molar-refractivity contribution in [2.75, 3.05) is 11.5 Å². The van der Waals surface area contributed by atoms with Gasteiger partial charge < -0.3 is 9.47 Å². The summed E-state index contributed by atoms with van der Waals surface area (Å²) in [5.74, 6) is 0.358. The predicted molar refractivity (Wildman–Crippen MR) is 117 cm³/mol. The van der Waals surface area contributed by atoms with Crippen molar-refractivity contribution in [1.29, 1.82) is 0 Å². The lowest BCUT2D eigenvalue weighted by molar-refractivity contribution is -0.147.